The first kappa shape index (κ1) is 16.6. The number of rotatable bonds is 3. The number of carbonyl (C=O) groups excluding carboxylic acids is 1. The van der Waals surface area contributed by atoms with Crippen LogP contribution in [0.25, 0.3) is 6.08 Å². The lowest BCUT2D eigenvalue weighted by Crippen LogP contribution is -2.51. The molecule has 4 nitrogen and oxygen atoms in total. The average molecular weight is 325 g/mol. The monoisotopic (exact) mass is 325 g/mol. The molecule has 0 heterocycles. The zero-order valence-electron chi connectivity index (χ0n) is 14.2. The maximum atomic E-state index is 12.6. The summed E-state index contributed by atoms with van der Waals surface area (Å²) < 4.78 is 0. The topological polar surface area (TPSA) is 60.2 Å². The van der Waals surface area contributed by atoms with Crippen LogP contribution in [0, 0.1) is 16.0 Å². The number of Topliss-reactive ketones (excluding diaryl/α,β-unsaturated/α-hetero) is 1. The first-order valence-corrected chi connectivity index (χ1v) is 8.64. The van der Waals surface area contributed by atoms with Crippen molar-refractivity contribution in [2.45, 2.75) is 51.5 Å². The molecule has 0 spiro atoms. The van der Waals surface area contributed by atoms with Crippen molar-refractivity contribution in [1.29, 1.82) is 0 Å². The van der Waals surface area contributed by atoms with Crippen LogP contribution in [0.3, 0.4) is 0 Å². The van der Waals surface area contributed by atoms with E-state index in [2.05, 4.69) is 0 Å². The molecule has 126 valence electrons. The Hall–Kier alpha value is -2.23. The van der Waals surface area contributed by atoms with Crippen molar-refractivity contribution >= 4 is 11.9 Å². The van der Waals surface area contributed by atoms with E-state index in [1.165, 1.54) is 0 Å². The number of fused-ring (bicyclic) bond motifs is 1. The van der Waals surface area contributed by atoms with E-state index >= 15 is 0 Å². The van der Waals surface area contributed by atoms with Gasteiger partial charge in [0.15, 0.2) is 5.78 Å². The number of benzene rings is 1. The molecule has 24 heavy (non-hydrogen) atoms. The van der Waals surface area contributed by atoms with Crippen molar-refractivity contribution in [1.82, 2.24) is 0 Å². The van der Waals surface area contributed by atoms with Crippen molar-refractivity contribution in [3.8, 4) is 0 Å². The van der Waals surface area contributed by atoms with Gasteiger partial charge in [-0.2, -0.15) is 0 Å². The Morgan fingerprint density at radius 3 is 2.67 bits per heavy atom. The highest BCUT2D eigenvalue weighted by atomic mass is 16.6. The first-order valence-electron chi connectivity index (χ1n) is 8.64. The molecule has 2 aliphatic rings. The Balaban J connectivity index is 2.17. The molecule has 0 aliphatic heterocycles. The number of nitro groups is 1. The molecule has 1 aromatic rings. The minimum Gasteiger partial charge on any atom is -0.295 e. The van der Waals surface area contributed by atoms with Crippen LogP contribution in [0.1, 0.15) is 51.5 Å². The van der Waals surface area contributed by atoms with Crippen molar-refractivity contribution < 1.29 is 9.72 Å². The SMILES string of the molecule is CCC1([N+](=O)[O-])C/C(=C\c2ccccc2)C(C)=C2C(=O)CCCC21. The molecule has 2 aliphatic carbocycles. The van der Waals surface area contributed by atoms with Gasteiger partial charge in [-0.3, -0.25) is 14.9 Å². The summed E-state index contributed by atoms with van der Waals surface area (Å²) in [6, 6.07) is 9.82. The van der Waals surface area contributed by atoms with Crippen LogP contribution in [0.15, 0.2) is 47.1 Å². The molecule has 1 saturated carbocycles. The van der Waals surface area contributed by atoms with Crippen LogP contribution >= 0.6 is 0 Å². The molecular weight excluding hydrogens is 302 g/mol. The third-order valence-electron chi connectivity index (χ3n) is 5.69. The summed E-state index contributed by atoms with van der Waals surface area (Å²) in [6.07, 6.45) is 4.87. The van der Waals surface area contributed by atoms with Crippen LogP contribution < -0.4 is 0 Å². The summed E-state index contributed by atoms with van der Waals surface area (Å²) in [5.41, 5.74) is 2.57. The Kier molecular flexibility index (Phi) is 4.39. The lowest BCUT2D eigenvalue weighted by atomic mass is 9.62. The molecule has 0 N–H and O–H groups in total. The fourth-order valence-electron chi connectivity index (χ4n) is 4.31. The van der Waals surface area contributed by atoms with Crippen LogP contribution in [-0.4, -0.2) is 16.2 Å². The molecule has 0 saturated heterocycles. The van der Waals surface area contributed by atoms with Crippen LogP contribution in [0.5, 0.6) is 0 Å². The predicted molar refractivity (Wildman–Crippen MR) is 94.1 cm³/mol. The standard InChI is InChI=1S/C20H23NO3/c1-3-20(21(23)24)13-16(12-15-8-5-4-6-9-15)14(2)19-17(20)10-7-11-18(19)22/h4-6,8-9,12,17H,3,7,10-11,13H2,1-2H3/b16-12+. The Bertz CT molecular complexity index is 733. The lowest BCUT2D eigenvalue weighted by Gasteiger charge is -2.41. The third kappa shape index (κ3) is 2.60. The highest BCUT2D eigenvalue weighted by Crippen LogP contribution is 2.49. The quantitative estimate of drug-likeness (QED) is 0.603. The second-order valence-corrected chi connectivity index (χ2v) is 6.88. The maximum absolute atomic E-state index is 12.6. The lowest BCUT2D eigenvalue weighted by molar-refractivity contribution is -0.580. The number of nitrogens with zero attached hydrogens (tertiary/aromatic N) is 1. The zero-order chi connectivity index (χ0) is 17.3. The number of hydrogen-bond acceptors (Lipinski definition) is 3. The molecule has 1 aromatic carbocycles. The summed E-state index contributed by atoms with van der Waals surface area (Å²) in [5.74, 6) is -0.145. The van der Waals surface area contributed by atoms with E-state index in [9.17, 15) is 14.9 Å². The molecule has 2 unspecified atom stereocenters. The first-order chi connectivity index (χ1) is 11.5. The number of hydrogen-bond donors (Lipinski definition) is 0. The number of allylic oxidation sites excluding steroid dienone is 1. The second-order valence-electron chi connectivity index (χ2n) is 6.88. The summed E-state index contributed by atoms with van der Waals surface area (Å²) in [6.45, 7) is 3.83. The molecular formula is C20H23NO3. The van der Waals surface area contributed by atoms with E-state index in [1.54, 1.807) is 0 Å². The highest BCUT2D eigenvalue weighted by molar-refractivity contribution is 5.99. The number of carbonyl (C=O) groups is 1. The Morgan fingerprint density at radius 1 is 1.33 bits per heavy atom. The summed E-state index contributed by atoms with van der Waals surface area (Å²) in [5, 5.41) is 12.0. The summed E-state index contributed by atoms with van der Waals surface area (Å²) in [4.78, 5) is 24.5. The normalized spacial score (nSPS) is 28.8. The van der Waals surface area contributed by atoms with Gasteiger partial charge in [0.05, 0.1) is 5.92 Å². The molecule has 2 atom stereocenters. The minimum atomic E-state index is -1.05. The van der Waals surface area contributed by atoms with E-state index in [0.29, 0.717) is 24.8 Å². The average Bonchev–Trinajstić information content (AvgIpc) is 2.58. The molecule has 0 amide bonds. The van der Waals surface area contributed by atoms with Gasteiger partial charge >= 0.3 is 0 Å². The number of ketones is 1. The fourth-order valence-corrected chi connectivity index (χ4v) is 4.31. The Labute approximate surface area is 142 Å². The molecule has 4 heteroatoms. The largest absolute Gasteiger partial charge is 0.295 e. The van der Waals surface area contributed by atoms with Gasteiger partial charge in [-0.15, -0.1) is 0 Å². The van der Waals surface area contributed by atoms with Crippen LogP contribution in [0.4, 0.5) is 0 Å². The second kappa shape index (κ2) is 6.34. The van der Waals surface area contributed by atoms with E-state index in [0.717, 1.165) is 29.6 Å². The summed E-state index contributed by atoms with van der Waals surface area (Å²) >= 11 is 0. The van der Waals surface area contributed by atoms with Gasteiger partial charge in [-0.05, 0) is 36.5 Å². The zero-order valence-corrected chi connectivity index (χ0v) is 14.2. The van der Waals surface area contributed by atoms with E-state index < -0.39 is 5.54 Å². The predicted octanol–water partition coefficient (Wildman–Crippen LogP) is 4.58. The van der Waals surface area contributed by atoms with Crippen LogP contribution in [-0.2, 0) is 4.79 Å². The van der Waals surface area contributed by atoms with E-state index in [-0.39, 0.29) is 16.6 Å². The molecule has 3 rings (SSSR count). The van der Waals surface area contributed by atoms with E-state index in [1.807, 2.05) is 50.3 Å². The van der Waals surface area contributed by atoms with E-state index in [4.69, 9.17) is 0 Å². The van der Waals surface area contributed by atoms with Gasteiger partial charge in [0.25, 0.3) is 0 Å². The van der Waals surface area contributed by atoms with Crippen molar-refractivity contribution in [2.24, 2.45) is 5.92 Å². The van der Waals surface area contributed by atoms with Gasteiger partial charge in [-0.1, -0.05) is 43.3 Å². The fraction of sp³-hybridized carbons (Fsp3) is 0.450. The van der Waals surface area contributed by atoms with Gasteiger partial charge in [-0.25, -0.2) is 0 Å². The van der Waals surface area contributed by atoms with Gasteiger partial charge < -0.3 is 0 Å². The minimum absolute atomic E-state index is 0.0992. The molecule has 0 aromatic heterocycles. The van der Waals surface area contributed by atoms with Crippen molar-refractivity contribution in [3.63, 3.8) is 0 Å². The van der Waals surface area contributed by atoms with Crippen molar-refractivity contribution in [3.05, 3.63) is 62.7 Å². The van der Waals surface area contributed by atoms with Gasteiger partial charge in [0.1, 0.15) is 0 Å². The molecule has 0 radical (unpaired) electrons. The van der Waals surface area contributed by atoms with Crippen molar-refractivity contribution in [2.75, 3.05) is 0 Å². The van der Waals surface area contributed by atoms with Crippen LogP contribution in [0.2, 0.25) is 0 Å². The smallest absolute Gasteiger partial charge is 0.232 e. The molecule has 1 fully saturated rings. The van der Waals surface area contributed by atoms with Gasteiger partial charge in [0, 0.05) is 29.8 Å². The maximum Gasteiger partial charge on any atom is 0.232 e. The third-order valence-corrected chi connectivity index (χ3v) is 5.69. The highest BCUT2D eigenvalue weighted by Gasteiger charge is 2.55. The Morgan fingerprint density at radius 2 is 2.04 bits per heavy atom. The van der Waals surface area contributed by atoms with Gasteiger partial charge in [0.2, 0.25) is 5.54 Å². The summed E-state index contributed by atoms with van der Waals surface area (Å²) in [7, 11) is 0. The molecule has 0 bridgehead atoms.